The molecule has 3 N–H and O–H groups in total. The molecule has 33 heavy (non-hydrogen) atoms. The van der Waals surface area contributed by atoms with Crippen molar-refractivity contribution in [1.29, 1.82) is 0 Å². The molecular weight excluding hydrogens is 460 g/mol. The largest absolute Gasteiger partial charge is 0.393 e. The molecule has 0 saturated carbocycles. The molecule has 3 rings (SSSR count). The van der Waals surface area contributed by atoms with Gasteiger partial charge >= 0.3 is 0 Å². The fraction of sp³-hybridized carbons (Fsp3) is 0.391. The number of amides is 2. The highest BCUT2D eigenvalue weighted by atomic mass is 32.2. The first-order valence-electron chi connectivity index (χ1n) is 10.6. The van der Waals surface area contributed by atoms with E-state index in [4.69, 9.17) is 0 Å². The summed E-state index contributed by atoms with van der Waals surface area (Å²) in [4.78, 5) is 25.9. The van der Waals surface area contributed by atoms with Crippen molar-refractivity contribution in [2.45, 2.75) is 26.2 Å². The third kappa shape index (κ3) is 8.21. The molecule has 1 aliphatic heterocycles. The maximum Gasteiger partial charge on any atom is 0.256 e. The zero-order valence-corrected chi connectivity index (χ0v) is 21.1. The van der Waals surface area contributed by atoms with Crippen molar-refractivity contribution >= 4 is 44.2 Å². The van der Waals surface area contributed by atoms with Gasteiger partial charge in [-0.3, -0.25) is 9.59 Å². The van der Waals surface area contributed by atoms with Crippen LogP contribution in [0.15, 0.2) is 48.8 Å². The van der Waals surface area contributed by atoms with Gasteiger partial charge in [-0.1, -0.05) is 39.0 Å². The molecule has 8 nitrogen and oxygen atoms in total. The van der Waals surface area contributed by atoms with E-state index in [0.717, 1.165) is 10.6 Å². The standard InChI is InChI=1S/C14H20N2O4S2.C9H12N2/c1-14(2,3)11-8-10(12(21-11)15-9-17)13(18)16-4-6-22(19,20)7-5-16;1-10-7-8-11-9-5-3-2-4-6-9/h8-9H,4-7H2,1-3H3,(H,15,17);2-8,10-11H,1H3/b;8-7+. The fourth-order valence-corrected chi connectivity index (χ4v) is 5.19. The molecule has 0 radical (unpaired) electrons. The van der Waals surface area contributed by atoms with Crippen molar-refractivity contribution in [1.82, 2.24) is 10.2 Å². The number of para-hydroxylation sites is 1. The van der Waals surface area contributed by atoms with Crippen molar-refractivity contribution in [3.63, 3.8) is 0 Å². The van der Waals surface area contributed by atoms with Gasteiger partial charge in [-0.15, -0.1) is 11.3 Å². The predicted octanol–water partition coefficient (Wildman–Crippen LogP) is 3.27. The smallest absolute Gasteiger partial charge is 0.256 e. The summed E-state index contributed by atoms with van der Waals surface area (Å²) in [5.74, 6) is -0.248. The molecule has 2 heterocycles. The number of anilines is 2. The lowest BCUT2D eigenvalue weighted by atomic mass is 9.94. The molecule has 10 heteroatoms. The highest BCUT2D eigenvalue weighted by molar-refractivity contribution is 7.91. The molecule has 1 fully saturated rings. The summed E-state index contributed by atoms with van der Waals surface area (Å²) in [6.07, 6.45) is 4.25. The van der Waals surface area contributed by atoms with E-state index in [1.54, 1.807) is 6.07 Å². The SMILES string of the molecule is CC(C)(C)c1cc(C(=O)N2CCS(=O)(=O)CC2)c(NC=O)s1.CN/C=C/Nc1ccccc1. The molecule has 1 saturated heterocycles. The molecule has 1 aliphatic rings. The van der Waals surface area contributed by atoms with Crippen LogP contribution in [-0.4, -0.2) is 57.3 Å². The molecule has 1 aromatic heterocycles. The molecule has 180 valence electrons. The average Bonchev–Trinajstić information content (AvgIpc) is 3.20. The van der Waals surface area contributed by atoms with Crippen LogP contribution in [0.4, 0.5) is 10.7 Å². The van der Waals surface area contributed by atoms with Crippen LogP contribution >= 0.6 is 11.3 Å². The average molecular weight is 493 g/mol. The fourth-order valence-electron chi connectivity index (χ4n) is 2.92. The number of nitrogens with one attached hydrogen (secondary N) is 3. The van der Waals surface area contributed by atoms with E-state index in [1.165, 1.54) is 16.2 Å². The zero-order chi connectivity index (χ0) is 24.5. The summed E-state index contributed by atoms with van der Waals surface area (Å²) in [6, 6.07) is 11.8. The van der Waals surface area contributed by atoms with E-state index in [-0.39, 0.29) is 35.9 Å². The summed E-state index contributed by atoms with van der Waals surface area (Å²) in [5, 5.41) is 9.09. The van der Waals surface area contributed by atoms with Gasteiger partial charge in [0.2, 0.25) is 6.41 Å². The zero-order valence-electron chi connectivity index (χ0n) is 19.4. The highest BCUT2D eigenvalue weighted by Gasteiger charge is 2.29. The summed E-state index contributed by atoms with van der Waals surface area (Å²) >= 11 is 1.38. The Bertz CT molecular complexity index is 1040. The summed E-state index contributed by atoms with van der Waals surface area (Å²) < 4.78 is 22.9. The van der Waals surface area contributed by atoms with Crippen molar-refractivity contribution in [2.24, 2.45) is 0 Å². The first kappa shape index (κ1) is 26.4. The van der Waals surface area contributed by atoms with E-state index in [0.29, 0.717) is 17.0 Å². The van der Waals surface area contributed by atoms with E-state index in [1.807, 2.05) is 70.6 Å². The molecule has 2 amide bonds. The maximum atomic E-state index is 12.6. The normalized spacial score (nSPS) is 15.3. The van der Waals surface area contributed by atoms with Crippen LogP contribution in [0.1, 0.15) is 36.0 Å². The van der Waals surface area contributed by atoms with Crippen molar-refractivity contribution in [2.75, 3.05) is 42.3 Å². The monoisotopic (exact) mass is 492 g/mol. The van der Waals surface area contributed by atoms with Crippen LogP contribution in [-0.2, 0) is 20.0 Å². The molecule has 0 bridgehead atoms. The Morgan fingerprint density at radius 3 is 2.24 bits per heavy atom. The first-order valence-corrected chi connectivity index (χ1v) is 13.2. The van der Waals surface area contributed by atoms with Crippen molar-refractivity contribution in [3.8, 4) is 0 Å². The molecule has 1 aromatic carbocycles. The lowest BCUT2D eigenvalue weighted by Crippen LogP contribution is -2.43. The molecule has 2 aromatic rings. The Morgan fingerprint density at radius 2 is 1.70 bits per heavy atom. The van der Waals surface area contributed by atoms with Crippen molar-refractivity contribution in [3.05, 3.63) is 59.2 Å². The Kier molecular flexibility index (Phi) is 9.48. The molecular formula is C23H32N4O4S2. The van der Waals surface area contributed by atoms with Gasteiger partial charge in [-0.2, -0.15) is 0 Å². The molecule has 0 atom stereocenters. The van der Waals surface area contributed by atoms with E-state index in [2.05, 4.69) is 16.0 Å². The number of sulfone groups is 1. The minimum absolute atomic E-state index is 0.00848. The van der Waals surface area contributed by atoms with Gasteiger partial charge in [0, 0.05) is 43.1 Å². The quantitative estimate of drug-likeness (QED) is 0.534. The number of benzene rings is 1. The van der Waals surface area contributed by atoms with Gasteiger partial charge in [-0.05, 0) is 23.6 Å². The van der Waals surface area contributed by atoms with Crippen LogP contribution in [0.3, 0.4) is 0 Å². The summed E-state index contributed by atoms with van der Waals surface area (Å²) in [7, 11) is -1.17. The third-order valence-electron chi connectivity index (χ3n) is 4.80. The van der Waals surface area contributed by atoms with Crippen LogP contribution < -0.4 is 16.0 Å². The van der Waals surface area contributed by atoms with Gasteiger partial charge in [0.05, 0.1) is 17.1 Å². The second-order valence-corrected chi connectivity index (χ2v) is 11.8. The molecule has 0 spiro atoms. The maximum absolute atomic E-state index is 12.6. The number of hydrogen-bond acceptors (Lipinski definition) is 7. The first-order chi connectivity index (χ1) is 15.6. The lowest BCUT2D eigenvalue weighted by molar-refractivity contribution is -0.105. The van der Waals surface area contributed by atoms with Gasteiger partial charge in [0.1, 0.15) is 5.00 Å². The van der Waals surface area contributed by atoms with E-state index >= 15 is 0 Å². The van der Waals surface area contributed by atoms with Crippen LogP contribution in [0.5, 0.6) is 0 Å². The number of nitrogens with zero attached hydrogens (tertiary/aromatic N) is 1. The number of thiophene rings is 1. The molecule has 0 unspecified atom stereocenters. The highest BCUT2D eigenvalue weighted by Crippen LogP contribution is 2.36. The number of rotatable bonds is 6. The number of carbonyl (C=O) groups is 2. The van der Waals surface area contributed by atoms with Crippen LogP contribution in [0, 0.1) is 0 Å². The van der Waals surface area contributed by atoms with Gasteiger partial charge in [0.15, 0.2) is 9.84 Å². The Morgan fingerprint density at radius 1 is 1.06 bits per heavy atom. The second-order valence-electron chi connectivity index (χ2n) is 8.44. The summed E-state index contributed by atoms with van der Waals surface area (Å²) in [6.45, 7) is 6.49. The Hall–Kier alpha value is -2.85. The second kappa shape index (κ2) is 11.9. The number of carbonyl (C=O) groups excluding carboxylic acids is 2. The predicted molar refractivity (Wildman–Crippen MR) is 136 cm³/mol. The number of hydrogen-bond donors (Lipinski definition) is 3. The Labute approximate surface area is 200 Å². The van der Waals surface area contributed by atoms with Crippen LogP contribution in [0.25, 0.3) is 0 Å². The topological polar surface area (TPSA) is 108 Å². The molecule has 0 aliphatic carbocycles. The third-order valence-corrected chi connectivity index (χ3v) is 7.90. The van der Waals surface area contributed by atoms with Crippen LogP contribution in [0.2, 0.25) is 0 Å². The van der Waals surface area contributed by atoms with Crippen molar-refractivity contribution < 1.29 is 18.0 Å². The minimum Gasteiger partial charge on any atom is -0.393 e. The van der Waals surface area contributed by atoms with E-state index in [9.17, 15) is 18.0 Å². The van der Waals surface area contributed by atoms with Gasteiger partial charge in [-0.25, -0.2) is 8.42 Å². The minimum atomic E-state index is -3.03. The van der Waals surface area contributed by atoms with Gasteiger partial charge in [0.25, 0.3) is 5.91 Å². The summed E-state index contributed by atoms with van der Waals surface area (Å²) in [5.41, 5.74) is 1.40. The lowest BCUT2D eigenvalue weighted by Gasteiger charge is -2.26. The van der Waals surface area contributed by atoms with Gasteiger partial charge < -0.3 is 20.9 Å². The van der Waals surface area contributed by atoms with E-state index < -0.39 is 9.84 Å². The Balaban J connectivity index is 0.000000294.